The van der Waals surface area contributed by atoms with E-state index in [0.717, 1.165) is 24.5 Å². The minimum absolute atomic E-state index is 0.0456. The van der Waals surface area contributed by atoms with Crippen molar-refractivity contribution in [3.63, 3.8) is 0 Å². The van der Waals surface area contributed by atoms with Crippen LogP contribution < -0.4 is 10.6 Å². The van der Waals surface area contributed by atoms with Crippen molar-refractivity contribution in [2.75, 3.05) is 32.5 Å². The Morgan fingerprint density at radius 1 is 1.40 bits per heavy atom. The molecular formula is C15H26N4O. The average molecular weight is 278 g/mol. The summed E-state index contributed by atoms with van der Waals surface area (Å²) in [5.41, 5.74) is 1.58. The van der Waals surface area contributed by atoms with Crippen molar-refractivity contribution in [2.45, 2.75) is 33.2 Å². The number of anilines is 1. The Labute approximate surface area is 121 Å². The predicted molar refractivity (Wildman–Crippen MR) is 83.3 cm³/mol. The lowest BCUT2D eigenvalue weighted by Gasteiger charge is -2.20. The molecule has 5 nitrogen and oxygen atoms in total. The minimum atomic E-state index is -0.0456. The first-order chi connectivity index (χ1) is 9.47. The molecule has 0 fully saturated rings. The fourth-order valence-electron chi connectivity index (χ4n) is 1.73. The second-order valence-corrected chi connectivity index (χ2v) is 5.17. The molecule has 1 amide bonds. The van der Waals surface area contributed by atoms with Crippen molar-refractivity contribution in [3.05, 3.63) is 23.4 Å². The van der Waals surface area contributed by atoms with E-state index in [9.17, 15) is 4.79 Å². The highest BCUT2D eigenvalue weighted by atomic mass is 16.1. The third-order valence-electron chi connectivity index (χ3n) is 3.39. The van der Waals surface area contributed by atoms with Crippen LogP contribution in [0.3, 0.4) is 0 Å². The molecule has 0 radical (unpaired) electrons. The number of carbonyl (C=O) groups is 1. The first-order valence-corrected chi connectivity index (χ1v) is 7.15. The van der Waals surface area contributed by atoms with Crippen LogP contribution in [0.15, 0.2) is 12.1 Å². The maximum atomic E-state index is 12.1. The van der Waals surface area contributed by atoms with Gasteiger partial charge in [-0.05, 0) is 39.4 Å². The van der Waals surface area contributed by atoms with E-state index in [1.54, 1.807) is 13.1 Å². The van der Waals surface area contributed by atoms with E-state index in [1.807, 2.05) is 13.0 Å². The van der Waals surface area contributed by atoms with Gasteiger partial charge in [-0.15, -0.1) is 0 Å². The molecule has 2 N–H and O–H groups in total. The maximum absolute atomic E-state index is 12.1. The summed E-state index contributed by atoms with van der Waals surface area (Å²) >= 11 is 0. The van der Waals surface area contributed by atoms with Crippen LogP contribution in [-0.2, 0) is 6.42 Å². The Hall–Kier alpha value is -1.62. The van der Waals surface area contributed by atoms with Crippen LogP contribution in [0.4, 0.5) is 5.82 Å². The number of nitrogens with one attached hydrogen (secondary N) is 2. The highest BCUT2D eigenvalue weighted by Gasteiger charge is 2.09. The number of hydrogen-bond donors (Lipinski definition) is 2. The van der Waals surface area contributed by atoms with Gasteiger partial charge in [0.05, 0.1) is 0 Å². The summed E-state index contributed by atoms with van der Waals surface area (Å²) in [6, 6.07) is 4.11. The largest absolute Gasteiger partial charge is 0.373 e. The lowest BCUT2D eigenvalue weighted by atomic mass is 10.2. The SMILES string of the molecule is CCc1cc(C(=O)NCCN(C)C(C)C)cc(NC)n1. The fourth-order valence-corrected chi connectivity index (χ4v) is 1.73. The first kappa shape index (κ1) is 16.4. The van der Waals surface area contributed by atoms with Crippen molar-refractivity contribution in [2.24, 2.45) is 0 Å². The third-order valence-corrected chi connectivity index (χ3v) is 3.39. The van der Waals surface area contributed by atoms with Crippen LogP contribution in [0.5, 0.6) is 0 Å². The zero-order valence-corrected chi connectivity index (χ0v) is 13.2. The van der Waals surface area contributed by atoms with Crippen molar-refractivity contribution in [1.29, 1.82) is 0 Å². The van der Waals surface area contributed by atoms with Gasteiger partial charge < -0.3 is 15.5 Å². The molecule has 0 atom stereocenters. The normalized spacial score (nSPS) is 10.9. The quantitative estimate of drug-likeness (QED) is 0.798. The number of likely N-dealkylation sites (N-methyl/N-ethyl adjacent to an activating group) is 1. The van der Waals surface area contributed by atoms with Crippen LogP contribution in [0, 0.1) is 0 Å². The Bertz CT molecular complexity index is 423. The van der Waals surface area contributed by atoms with E-state index in [2.05, 4.69) is 41.4 Å². The van der Waals surface area contributed by atoms with Gasteiger partial charge in [-0.1, -0.05) is 6.92 Å². The van der Waals surface area contributed by atoms with Gasteiger partial charge in [0.25, 0.3) is 5.91 Å². The standard InChI is InChI=1S/C15H26N4O/c1-6-13-9-12(10-14(16-4)18-13)15(20)17-7-8-19(5)11(2)3/h9-11H,6-8H2,1-5H3,(H,16,18)(H,17,20). The van der Waals surface area contributed by atoms with Crippen molar-refractivity contribution in [3.8, 4) is 0 Å². The highest BCUT2D eigenvalue weighted by molar-refractivity contribution is 5.95. The Morgan fingerprint density at radius 3 is 2.65 bits per heavy atom. The van der Waals surface area contributed by atoms with Gasteiger partial charge in [0.2, 0.25) is 0 Å². The lowest BCUT2D eigenvalue weighted by Crippen LogP contribution is -2.36. The minimum Gasteiger partial charge on any atom is -0.373 e. The molecule has 0 unspecified atom stereocenters. The third kappa shape index (κ3) is 4.81. The average Bonchev–Trinajstić information content (AvgIpc) is 2.46. The van der Waals surface area contributed by atoms with Crippen LogP contribution in [0.2, 0.25) is 0 Å². The summed E-state index contributed by atoms with van der Waals surface area (Å²) < 4.78 is 0. The number of carbonyl (C=O) groups excluding carboxylic acids is 1. The van der Waals surface area contributed by atoms with E-state index in [1.165, 1.54) is 0 Å². The molecular weight excluding hydrogens is 252 g/mol. The van der Waals surface area contributed by atoms with Crippen LogP contribution in [0.25, 0.3) is 0 Å². The van der Waals surface area contributed by atoms with E-state index >= 15 is 0 Å². The molecule has 1 heterocycles. The van der Waals surface area contributed by atoms with E-state index in [-0.39, 0.29) is 5.91 Å². The molecule has 0 spiro atoms. The van der Waals surface area contributed by atoms with Crippen molar-refractivity contribution in [1.82, 2.24) is 15.2 Å². The number of hydrogen-bond acceptors (Lipinski definition) is 4. The van der Waals surface area contributed by atoms with Crippen molar-refractivity contribution < 1.29 is 4.79 Å². The number of nitrogens with zero attached hydrogens (tertiary/aromatic N) is 2. The van der Waals surface area contributed by atoms with Gasteiger partial charge in [0, 0.05) is 37.4 Å². The number of amides is 1. The number of pyridine rings is 1. The molecule has 0 saturated heterocycles. The molecule has 1 rings (SSSR count). The molecule has 0 aliphatic heterocycles. The molecule has 1 aromatic rings. The van der Waals surface area contributed by atoms with Crippen LogP contribution >= 0.6 is 0 Å². The van der Waals surface area contributed by atoms with Crippen molar-refractivity contribution >= 4 is 11.7 Å². The topological polar surface area (TPSA) is 57.3 Å². The molecule has 5 heteroatoms. The van der Waals surface area contributed by atoms with Gasteiger partial charge in [-0.3, -0.25) is 4.79 Å². The van der Waals surface area contributed by atoms with E-state index in [4.69, 9.17) is 0 Å². The molecule has 0 aliphatic rings. The number of aryl methyl sites for hydroxylation is 1. The summed E-state index contributed by atoms with van der Waals surface area (Å²) in [6.07, 6.45) is 0.811. The molecule has 0 bridgehead atoms. The summed E-state index contributed by atoms with van der Waals surface area (Å²) in [5, 5.41) is 5.94. The number of aromatic nitrogens is 1. The number of rotatable bonds is 7. The van der Waals surface area contributed by atoms with Crippen LogP contribution in [-0.4, -0.2) is 49.0 Å². The molecule has 0 aromatic carbocycles. The van der Waals surface area contributed by atoms with Gasteiger partial charge in [-0.25, -0.2) is 4.98 Å². The maximum Gasteiger partial charge on any atom is 0.251 e. The predicted octanol–water partition coefficient (Wildman–Crippen LogP) is 1.76. The van der Waals surface area contributed by atoms with Crippen LogP contribution in [0.1, 0.15) is 36.8 Å². The molecule has 112 valence electrons. The fraction of sp³-hybridized carbons (Fsp3) is 0.600. The highest BCUT2D eigenvalue weighted by Crippen LogP contribution is 2.10. The second-order valence-electron chi connectivity index (χ2n) is 5.17. The molecule has 1 aromatic heterocycles. The summed E-state index contributed by atoms with van der Waals surface area (Å²) in [7, 11) is 3.86. The lowest BCUT2D eigenvalue weighted by molar-refractivity contribution is 0.0948. The van der Waals surface area contributed by atoms with Gasteiger partial charge >= 0.3 is 0 Å². The Kier molecular flexibility index (Phi) is 6.45. The zero-order chi connectivity index (χ0) is 15.1. The van der Waals surface area contributed by atoms with E-state index in [0.29, 0.717) is 18.2 Å². The molecule has 0 aliphatic carbocycles. The summed E-state index contributed by atoms with van der Waals surface area (Å²) in [5.74, 6) is 0.685. The monoisotopic (exact) mass is 278 g/mol. The Morgan fingerprint density at radius 2 is 2.10 bits per heavy atom. The first-order valence-electron chi connectivity index (χ1n) is 7.15. The summed E-state index contributed by atoms with van der Waals surface area (Å²) in [4.78, 5) is 18.7. The van der Waals surface area contributed by atoms with Gasteiger partial charge in [0.15, 0.2) is 0 Å². The molecule has 20 heavy (non-hydrogen) atoms. The van der Waals surface area contributed by atoms with E-state index < -0.39 is 0 Å². The second kappa shape index (κ2) is 7.85. The van der Waals surface area contributed by atoms with Gasteiger partial charge in [-0.2, -0.15) is 0 Å². The molecule has 0 saturated carbocycles. The zero-order valence-electron chi connectivity index (χ0n) is 13.2. The smallest absolute Gasteiger partial charge is 0.251 e. The Balaban J connectivity index is 2.63. The summed E-state index contributed by atoms with van der Waals surface area (Å²) in [6.45, 7) is 7.79. The van der Waals surface area contributed by atoms with Gasteiger partial charge in [0.1, 0.15) is 5.82 Å².